The summed E-state index contributed by atoms with van der Waals surface area (Å²) in [6.45, 7) is 0. The fourth-order valence-electron chi connectivity index (χ4n) is 2.30. The number of aldehydes is 1. The molecule has 1 saturated heterocycles. The molecule has 0 bridgehead atoms. The number of thiophene rings is 1. The Balaban J connectivity index is 1.81. The first kappa shape index (κ1) is 14.7. The third-order valence-electron chi connectivity index (χ3n) is 3.53. The Morgan fingerprint density at radius 2 is 2.33 bits per heavy atom. The molecule has 8 heteroatoms. The van der Waals surface area contributed by atoms with Crippen molar-refractivity contribution < 1.29 is 9.35 Å². The second kappa shape index (κ2) is 5.90. The highest BCUT2D eigenvalue weighted by atomic mass is 32.2. The lowest BCUT2D eigenvalue weighted by molar-refractivity contribution is -0.111. The minimum absolute atomic E-state index is 0.0697. The van der Waals surface area contributed by atoms with Crippen LogP contribution in [0.15, 0.2) is 24.7 Å². The van der Waals surface area contributed by atoms with Crippen LogP contribution >= 0.6 is 11.3 Å². The molecule has 21 heavy (non-hydrogen) atoms. The molecule has 0 saturated carbocycles. The number of hydrogen-bond acceptors (Lipinski definition) is 6. The SMILES string of the molecule is CN1C(C=O)CC(c2ccc(-c3cn(C)cn3)s2)N[S+]1[O-]. The van der Waals surface area contributed by atoms with Crippen molar-refractivity contribution in [2.24, 2.45) is 7.05 Å². The molecule has 2 aromatic heterocycles. The van der Waals surface area contributed by atoms with E-state index in [1.807, 2.05) is 29.9 Å². The first-order chi connectivity index (χ1) is 10.1. The van der Waals surface area contributed by atoms with Crippen LogP contribution < -0.4 is 4.72 Å². The highest BCUT2D eigenvalue weighted by Gasteiger charge is 2.37. The molecule has 1 fully saturated rings. The molecule has 6 nitrogen and oxygen atoms in total. The molecule has 0 aromatic carbocycles. The van der Waals surface area contributed by atoms with E-state index in [-0.39, 0.29) is 12.1 Å². The lowest BCUT2D eigenvalue weighted by Gasteiger charge is -2.33. The fourth-order valence-corrected chi connectivity index (χ4v) is 4.42. The maximum atomic E-state index is 12.0. The number of aryl methyl sites for hydroxylation is 1. The first-order valence-electron chi connectivity index (χ1n) is 6.52. The molecule has 1 aliphatic rings. The lowest BCUT2D eigenvalue weighted by atomic mass is 10.1. The van der Waals surface area contributed by atoms with Gasteiger partial charge in [-0.25, -0.2) is 4.98 Å². The van der Waals surface area contributed by atoms with E-state index in [1.165, 1.54) is 0 Å². The van der Waals surface area contributed by atoms with E-state index in [2.05, 4.69) is 9.71 Å². The molecule has 112 valence electrons. The van der Waals surface area contributed by atoms with Crippen molar-refractivity contribution in [3.05, 3.63) is 29.5 Å². The average Bonchev–Trinajstić information content (AvgIpc) is 3.10. The van der Waals surface area contributed by atoms with Gasteiger partial charge in [0.2, 0.25) is 0 Å². The van der Waals surface area contributed by atoms with Gasteiger partial charge in [-0.05, 0) is 18.6 Å². The van der Waals surface area contributed by atoms with Crippen LogP contribution in [0.25, 0.3) is 10.6 Å². The van der Waals surface area contributed by atoms with E-state index in [0.717, 1.165) is 21.7 Å². The Morgan fingerprint density at radius 1 is 1.52 bits per heavy atom. The van der Waals surface area contributed by atoms with Gasteiger partial charge in [0.25, 0.3) is 0 Å². The van der Waals surface area contributed by atoms with Crippen LogP contribution in [-0.2, 0) is 23.4 Å². The number of hydrogen-bond donors (Lipinski definition) is 1. The van der Waals surface area contributed by atoms with Crippen LogP contribution in [0.3, 0.4) is 0 Å². The van der Waals surface area contributed by atoms with E-state index in [1.54, 1.807) is 29.0 Å². The van der Waals surface area contributed by atoms with Gasteiger partial charge in [-0.1, -0.05) is 0 Å². The van der Waals surface area contributed by atoms with E-state index in [9.17, 15) is 9.35 Å². The predicted octanol–water partition coefficient (Wildman–Crippen LogP) is 1.26. The molecule has 3 atom stereocenters. The molecule has 0 spiro atoms. The van der Waals surface area contributed by atoms with Gasteiger partial charge in [0, 0.05) is 25.2 Å². The standard InChI is InChI=1S/C13H16N4O2S2/c1-16-6-11(14-8-16)13-4-3-12(20-13)10-5-9(7-18)17(2)21(19)15-10/h3-4,6-10,15H,5H2,1-2H3. The molecule has 1 aliphatic heterocycles. The second-order valence-electron chi connectivity index (χ2n) is 5.03. The van der Waals surface area contributed by atoms with E-state index < -0.39 is 11.5 Å². The van der Waals surface area contributed by atoms with Crippen LogP contribution in [0.2, 0.25) is 0 Å². The monoisotopic (exact) mass is 324 g/mol. The molecular weight excluding hydrogens is 308 g/mol. The second-order valence-corrected chi connectivity index (χ2v) is 7.46. The summed E-state index contributed by atoms with van der Waals surface area (Å²) in [7, 11) is 3.62. The Kier molecular flexibility index (Phi) is 4.14. The zero-order valence-electron chi connectivity index (χ0n) is 11.7. The van der Waals surface area contributed by atoms with Crippen LogP contribution in [0.4, 0.5) is 0 Å². The van der Waals surface area contributed by atoms with Crippen molar-refractivity contribution in [1.29, 1.82) is 0 Å². The summed E-state index contributed by atoms with van der Waals surface area (Å²) in [5.41, 5.74) is 0.926. The number of rotatable bonds is 3. The molecule has 0 aliphatic carbocycles. The number of nitrogens with zero attached hydrogens (tertiary/aromatic N) is 3. The fraction of sp³-hybridized carbons (Fsp3) is 0.385. The minimum Gasteiger partial charge on any atom is -0.579 e. The van der Waals surface area contributed by atoms with Gasteiger partial charge in [0.05, 0.1) is 22.9 Å². The summed E-state index contributed by atoms with van der Waals surface area (Å²) in [6, 6.07) is 3.63. The Bertz CT molecular complexity index is 642. The van der Waals surface area contributed by atoms with Crippen molar-refractivity contribution in [1.82, 2.24) is 18.6 Å². The largest absolute Gasteiger partial charge is 0.579 e. The van der Waals surface area contributed by atoms with Crippen LogP contribution in [0, 0.1) is 0 Å². The van der Waals surface area contributed by atoms with Gasteiger partial charge in [0.15, 0.2) is 0 Å². The number of carbonyl (C=O) groups is 1. The molecule has 3 heterocycles. The molecule has 0 radical (unpaired) electrons. The van der Waals surface area contributed by atoms with Crippen LogP contribution in [-0.4, -0.2) is 37.8 Å². The van der Waals surface area contributed by atoms with Gasteiger partial charge in [0.1, 0.15) is 23.9 Å². The molecule has 1 N–H and O–H groups in total. The third-order valence-corrected chi connectivity index (χ3v) is 6.04. The topological polar surface area (TPSA) is 73.2 Å². The highest BCUT2D eigenvalue weighted by Crippen LogP contribution is 2.34. The number of aromatic nitrogens is 2. The van der Waals surface area contributed by atoms with Gasteiger partial charge < -0.3 is 13.9 Å². The Labute approximate surface area is 130 Å². The van der Waals surface area contributed by atoms with Crippen LogP contribution in [0.1, 0.15) is 17.3 Å². The summed E-state index contributed by atoms with van der Waals surface area (Å²) in [5.74, 6) is 0. The van der Waals surface area contributed by atoms with Crippen molar-refractivity contribution in [2.45, 2.75) is 18.5 Å². The van der Waals surface area contributed by atoms with E-state index >= 15 is 0 Å². The Morgan fingerprint density at radius 3 is 3.00 bits per heavy atom. The first-order valence-corrected chi connectivity index (χ1v) is 8.45. The average molecular weight is 324 g/mol. The van der Waals surface area contributed by atoms with E-state index in [0.29, 0.717) is 6.42 Å². The zero-order chi connectivity index (χ0) is 15.0. The van der Waals surface area contributed by atoms with Crippen molar-refractivity contribution >= 4 is 29.2 Å². The van der Waals surface area contributed by atoms with E-state index in [4.69, 9.17) is 0 Å². The van der Waals surface area contributed by atoms with Crippen molar-refractivity contribution in [3.63, 3.8) is 0 Å². The van der Waals surface area contributed by atoms with Crippen molar-refractivity contribution in [3.8, 4) is 10.6 Å². The summed E-state index contributed by atoms with van der Waals surface area (Å²) >= 11 is 0.277. The minimum atomic E-state index is -1.34. The summed E-state index contributed by atoms with van der Waals surface area (Å²) in [5, 5.41) is 0. The number of carbonyl (C=O) groups excluding carboxylic acids is 1. The molecular formula is C13H16N4O2S2. The predicted molar refractivity (Wildman–Crippen MR) is 82.8 cm³/mol. The number of nitrogens with one attached hydrogen (secondary N) is 1. The molecule has 3 unspecified atom stereocenters. The molecule has 3 rings (SSSR count). The zero-order valence-corrected chi connectivity index (χ0v) is 13.4. The van der Waals surface area contributed by atoms with Crippen molar-refractivity contribution in [2.75, 3.05) is 7.05 Å². The molecule has 2 aromatic rings. The van der Waals surface area contributed by atoms with Gasteiger partial charge in [-0.3, -0.25) is 0 Å². The van der Waals surface area contributed by atoms with Gasteiger partial charge >= 0.3 is 0 Å². The molecule has 0 amide bonds. The summed E-state index contributed by atoms with van der Waals surface area (Å²) in [4.78, 5) is 17.6. The summed E-state index contributed by atoms with van der Waals surface area (Å²) < 4.78 is 18.5. The quantitative estimate of drug-likeness (QED) is 0.680. The van der Waals surface area contributed by atoms with Gasteiger partial charge in [-0.15, -0.1) is 20.4 Å². The highest BCUT2D eigenvalue weighted by molar-refractivity contribution is 7.87. The summed E-state index contributed by atoms with van der Waals surface area (Å²) in [6.07, 6.45) is 5.21. The maximum Gasteiger partial charge on any atom is 0.141 e. The smallest absolute Gasteiger partial charge is 0.141 e. The maximum absolute atomic E-state index is 12.0. The third kappa shape index (κ3) is 2.90. The van der Waals surface area contributed by atoms with Crippen LogP contribution in [0.5, 0.6) is 0 Å². The number of imidazole rings is 1. The number of likely N-dealkylation sites (N-methyl/N-ethyl adjacent to an activating group) is 1. The normalized spacial score (nSPS) is 26.9. The van der Waals surface area contributed by atoms with Gasteiger partial charge in [-0.2, -0.15) is 0 Å². The lowest BCUT2D eigenvalue weighted by Crippen LogP contribution is -2.52. The Hall–Kier alpha value is -1.19.